The number of nitrogens with one attached hydrogen (secondary N) is 1. The second-order valence-corrected chi connectivity index (χ2v) is 7.13. The molecule has 0 aliphatic heterocycles. The number of carbonyl (C=O) groups is 1. The molecule has 136 valence electrons. The fraction of sp³-hybridized carbons (Fsp3) is 0.421. The molecule has 0 spiro atoms. The summed E-state index contributed by atoms with van der Waals surface area (Å²) in [5.41, 5.74) is 9.82. The third kappa shape index (κ3) is 14.7. The molecule has 0 atom stereocenters. The van der Waals surface area contributed by atoms with Crippen molar-refractivity contribution >= 4 is 15.4 Å². The van der Waals surface area contributed by atoms with Crippen molar-refractivity contribution in [3.05, 3.63) is 64.9 Å². The summed E-state index contributed by atoms with van der Waals surface area (Å²) >= 11 is 0. The van der Waals surface area contributed by atoms with Crippen molar-refractivity contribution in [1.29, 1.82) is 0 Å². The number of hydrogen-bond acceptors (Lipinski definition) is 1. The third-order valence-electron chi connectivity index (χ3n) is 2.85. The van der Waals surface area contributed by atoms with Crippen LogP contribution in [0.4, 0.5) is 0 Å². The van der Waals surface area contributed by atoms with E-state index in [2.05, 4.69) is 32.2 Å². The molecule has 0 aromatic heterocycles. The van der Waals surface area contributed by atoms with Crippen LogP contribution in [0.15, 0.2) is 42.0 Å². The molecule has 25 heavy (non-hydrogen) atoms. The first kappa shape index (κ1) is 32.5. The van der Waals surface area contributed by atoms with Crippen LogP contribution >= 0.6 is 0 Å². The van der Waals surface area contributed by atoms with E-state index in [1.807, 2.05) is 39.0 Å². The maximum atomic E-state index is 11.0. The van der Waals surface area contributed by atoms with Crippen LogP contribution in [0.3, 0.4) is 0 Å². The van der Waals surface area contributed by atoms with E-state index in [-0.39, 0.29) is 56.1 Å². The van der Waals surface area contributed by atoms with Crippen molar-refractivity contribution in [2.75, 3.05) is 0 Å². The summed E-state index contributed by atoms with van der Waals surface area (Å²) in [5, 5.41) is 0. The molecular formula is C19H27Cl2HfNOSi. The van der Waals surface area contributed by atoms with E-state index in [1.165, 1.54) is 5.57 Å². The first-order valence-electron chi connectivity index (χ1n) is 7.41. The quantitative estimate of drug-likeness (QED) is 0.341. The van der Waals surface area contributed by atoms with Gasteiger partial charge in [-0.3, -0.25) is 6.08 Å². The van der Waals surface area contributed by atoms with Crippen LogP contribution in [-0.4, -0.2) is 15.4 Å². The van der Waals surface area contributed by atoms with Gasteiger partial charge in [0.1, 0.15) is 0 Å². The SMILES string of the molecule is CC(C)(C)c1ccccc1C([NH-])=O.CC1=CC[C-]=C1.C[Si]C.[Cl-].[Cl-].[Hf+4]. The fourth-order valence-corrected chi connectivity index (χ4v) is 1.83. The van der Waals surface area contributed by atoms with Crippen LogP contribution < -0.4 is 24.8 Å². The summed E-state index contributed by atoms with van der Waals surface area (Å²) in [7, 11) is 1.08. The first-order valence-corrected chi connectivity index (χ1v) is 9.41. The van der Waals surface area contributed by atoms with Gasteiger partial charge in [0.05, 0.1) is 5.91 Å². The average molecular weight is 563 g/mol. The number of allylic oxidation sites excluding steroid dienone is 4. The maximum Gasteiger partial charge on any atom is 4.00 e. The molecule has 1 aromatic carbocycles. The molecule has 2 rings (SSSR count). The van der Waals surface area contributed by atoms with E-state index < -0.39 is 5.91 Å². The third-order valence-corrected chi connectivity index (χ3v) is 2.85. The Labute approximate surface area is 187 Å². The zero-order valence-corrected chi connectivity index (χ0v) is 21.9. The van der Waals surface area contributed by atoms with Crippen LogP contribution in [0, 0.1) is 6.08 Å². The molecule has 1 aliphatic carbocycles. The predicted octanol–water partition coefficient (Wildman–Crippen LogP) is -0.335. The van der Waals surface area contributed by atoms with Crippen LogP contribution in [0.2, 0.25) is 13.1 Å². The molecule has 6 heteroatoms. The van der Waals surface area contributed by atoms with Gasteiger partial charge in [0.25, 0.3) is 0 Å². The monoisotopic (exact) mass is 563 g/mol. The van der Waals surface area contributed by atoms with Crippen LogP contribution in [0.25, 0.3) is 5.73 Å². The Hall–Kier alpha value is -0.163. The second-order valence-electron chi connectivity index (χ2n) is 6.13. The summed E-state index contributed by atoms with van der Waals surface area (Å²) in [6.45, 7) is 12.5. The molecule has 0 heterocycles. The van der Waals surface area contributed by atoms with E-state index in [0.29, 0.717) is 5.56 Å². The Bertz CT molecular complexity index is 538. The van der Waals surface area contributed by atoms with Gasteiger partial charge < -0.3 is 35.3 Å². The van der Waals surface area contributed by atoms with Crippen LogP contribution in [0.5, 0.6) is 0 Å². The van der Waals surface area contributed by atoms with Gasteiger partial charge >= 0.3 is 25.8 Å². The Kier molecular flexibility index (Phi) is 22.4. The second kappa shape index (κ2) is 17.3. The maximum absolute atomic E-state index is 11.0. The number of halogens is 2. The van der Waals surface area contributed by atoms with E-state index in [1.54, 1.807) is 12.1 Å². The molecule has 0 unspecified atom stereocenters. The van der Waals surface area contributed by atoms with Gasteiger partial charge in [-0.15, -0.1) is 13.3 Å². The minimum Gasteiger partial charge on any atom is -1.00 e. The minimum absolute atomic E-state index is 0. The number of carbonyl (C=O) groups excluding carboxylic acids is 1. The first-order chi connectivity index (χ1) is 10.2. The predicted molar refractivity (Wildman–Crippen MR) is 97.5 cm³/mol. The van der Waals surface area contributed by atoms with E-state index in [4.69, 9.17) is 5.73 Å². The van der Waals surface area contributed by atoms with Gasteiger partial charge in [-0.2, -0.15) is 6.08 Å². The van der Waals surface area contributed by atoms with Crippen molar-refractivity contribution in [2.24, 2.45) is 0 Å². The standard InChI is InChI=1S/C11H15NO.C6H7.C2H6Si.2ClH.Hf/c1-11(2,3)9-7-5-4-6-8(9)10(12)13;1-6-4-2-3-5-6;1-3-2;;;/h4-7H,1-3H3,(H2,12,13);4-5H,2H2,1H3;1-2H3;2*1H;/q;-1;;;;+4/p-3. The Balaban J connectivity index is -0.000000156. The van der Waals surface area contributed by atoms with Gasteiger partial charge in [0.15, 0.2) is 0 Å². The van der Waals surface area contributed by atoms with Crippen LogP contribution in [-0.2, 0) is 31.3 Å². The Morgan fingerprint density at radius 1 is 1.16 bits per heavy atom. The molecule has 2 radical (unpaired) electrons. The molecule has 0 saturated carbocycles. The van der Waals surface area contributed by atoms with Crippen molar-refractivity contribution in [1.82, 2.24) is 0 Å². The largest absolute Gasteiger partial charge is 4.00 e. The van der Waals surface area contributed by atoms with Gasteiger partial charge in [-0.05, 0) is 11.0 Å². The van der Waals surface area contributed by atoms with Crippen molar-refractivity contribution in [3.63, 3.8) is 0 Å². The number of rotatable bonds is 1. The summed E-state index contributed by atoms with van der Waals surface area (Å²) in [6.07, 6.45) is 8.24. The summed E-state index contributed by atoms with van der Waals surface area (Å²) in [6, 6.07) is 7.29. The summed E-state index contributed by atoms with van der Waals surface area (Å²) in [4.78, 5) is 11.0. The van der Waals surface area contributed by atoms with E-state index in [9.17, 15) is 4.79 Å². The number of amides is 1. The molecule has 0 fully saturated rings. The van der Waals surface area contributed by atoms with Gasteiger partial charge in [0, 0.05) is 15.1 Å². The van der Waals surface area contributed by atoms with Crippen molar-refractivity contribution in [3.8, 4) is 0 Å². The molecular weight excluding hydrogens is 536 g/mol. The summed E-state index contributed by atoms with van der Waals surface area (Å²) in [5.74, 6) is -0.606. The molecule has 0 saturated heterocycles. The molecule has 2 nitrogen and oxygen atoms in total. The van der Waals surface area contributed by atoms with Crippen LogP contribution in [0.1, 0.15) is 50.0 Å². The zero-order chi connectivity index (χ0) is 17.2. The summed E-state index contributed by atoms with van der Waals surface area (Å²) < 4.78 is 0. The van der Waals surface area contributed by atoms with Gasteiger partial charge in [0.2, 0.25) is 0 Å². The molecule has 0 bridgehead atoms. The minimum atomic E-state index is -0.606. The molecule has 1 aliphatic rings. The fourth-order valence-electron chi connectivity index (χ4n) is 1.83. The number of hydrogen-bond donors (Lipinski definition) is 0. The van der Waals surface area contributed by atoms with E-state index in [0.717, 1.165) is 21.5 Å². The molecule has 1 aromatic rings. The van der Waals surface area contributed by atoms with E-state index >= 15 is 0 Å². The topological polar surface area (TPSA) is 40.9 Å². The Morgan fingerprint density at radius 2 is 1.64 bits per heavy atom. The van der Waals surface area contributed by atoms with Gasteiger partial charge in [-0.25, -0.2) is 11.6 Å². The zero-order valence-electron chi connectivity index (χ0n) is 15.8. The Morgan fingerprint density at radius 3 is 1.88 bits per heavy atom. The average Bonchev–Trinajstić information content (AvgIpc) is 2.90. The molecule has 1 amide bonds. The smallest absolute Gasteiger partial charge is 1.00 e. The van der Waals surface area contributed by atoms with Crippen molar-refractivity contribution < 1.29 is 55.5 Å². The number of benzene rings is 1. The normalized spacial score (nSPS) is 11.0. The molecule has 1 N–H and O–H groups in total. The van der Waals surface area contributed by atoms with Crippen molar-refractivity contribution in [2.45, 2.75) is 52.6 Å². The van der Waals surface area contributed by atoms with Gasteiger partial charge in [-0.1, -0.05) is 58.1 Å².